The third kappa shape index (κ3) is 4.21. The number of hydrogen-bond donors (Lipinski definition) is 0. The van der Waals surface area contributed by atoms with Gasteiger partial charge in [-0.1, -0.05) is 0 Å². The summed E-state index contributed by atoms with van der Waals surface area (Å²) in [6.07, 6.45) is 5.73. The fraction of sp³-hybridized carbons (Fsp3) is 0.722. The van der Waals surface area contributed by atoms with Crippen molar-refractivity contribution in [1.29, 1.82) is 0 Å². The van der Waals surface area contributed by atoms with E-state index in [1.54, 1.807) is 11.8 Å². The maximum atomic E-state index is 12.5. The zero-order valence-electron chi connectivity index (χ0n) is 15.2. The van der Waals surface area contributed by atoms with Crippen molar-refractivity contribution < 1.29 is 14.3 Å². The number of carbonyl (C=O) groups is 2. The minimum atomic E-state index is 0.150. The molecule has 0 aromatic carbocycles. The Hall–Kier alpha value is -1.89. The van der Waals surface area contributed by atoms with Gasteiger partial charge in [0.25, 0.3) is 0 Å². The van der Waals surface area contributed by atoms with Gasteiger partial charge < -0.3 is 14.5 Å². The summed E-state index contributed by atoms with van der Waals surface area (Å²) >= 11 is 0. The molecule has 7 heteroatoms. The number of aromatic nitrogens is 2. The van der Waals surface area contributed by atoms with Crippen molar-refractivity contribution in [2.45, 2.75) is 32.1 Å². The predicted molar refractivity (Wildman–Crippen MR) is 92.8 cm³/mol. The summed E-state index contributed by atoms with van der Waals surface area (Å²) < 4.78 is 6.84. The van der Waals surface area contributed by atoms with Gasteiger partial charge in [-0.2, -0.15) is 5.10 Å². The van der Waals surface area contributed by atoms with Crippen molar-refractivity contribution in [3.63, 3.8) is 0 Å². The summed E-state index contributed by atoms with van der Waals surface area (Å²) in [4.78, 5) is 28.5. The van der Waals surface area contributed by atoms with Gasteiger partial charge in [0.15, 0.2) is 0 Å². The van der Waals surface area contributed by atoms with Crippen molar-refractivity contribution in [3.8, 4) is 0 Å². The van der Waals surface area contributed by atoms with E-state index >= 15 is 0 Å². The maximum Gasteiger partial charge on any atom is 0.228 e. The van der Waals surface area contributed by atoms with E-state index in [2.05, 4.69) is 5.10 Å². The van der Waals surface area contributed by atoms with Crippen LogP contribution in [0.25, 0.3) is 0 Å². The van der Waals surface area contributed by atoms with E-state index < -0.39 is 0 Å². The number of ether oxygens (including phenoxy) is 1. The maximum absolute atomic E-state index is 12.5. The van der Waals surface area contributed by atoms with Crippen LogP contribution in [0.3, 0.4) is 0 Å². The number of carbonyl (C=O) groups excluding carboxylic acids is 2. The zero-order chi connectivity index (χ0) is 17.9. The van der Waals surface area contributed by atoms with Gasteiger partial charge in [0.05, 0.1) is 18.7 Å². The molecule has 2 aliphatic rings. The highest BCUT2D eigenvalue weighted by molar-refractivity contribution is 5.79. The third-order valence-corrected chi connectivity index (χ3v) is 5.59. The Morgan fingerprint density at radius 3 is 2.72 bits per heavy atom. The summed E-state index contributed by atoms with van der Waals surface area (Å²) in [5.41, 5.74) is 0.991. The quantitative estimate of drug-likeness (QED) is 0.791. The molecule has 138 valence electrons. The monoisotopic (exact) mass is 348 g/mol. The van der Waals surface area contributed by atoms with Crippen LogP contribution in [0.4, 0.5) is 0 Å². The number of methoxy groups -OCH3 is 1. The van der Waals surface area contributed by atoms with Crippen molar-refractivity contribution in [3.05, 3.63) is 18.0 Å². The lowest BCUT2D eigenvalue weighted by atomic mass is 9.72. The van der Waals surface area contributed by atoms with Crippen LogP contribution in [0, 0.1) is 5.41 Å². The molecule has 0 unspecified atom stereocenters. The minimum absolute atomic E-state index is 0.150. The molecule has 1 spiro atoms. The van der Waals surface area contributed by atoms with Crippen LogP contribution in [-0.2, 0) is 27.8 Å². The van der Waals surface area contributed by atoms with Crippen LogP contribution < -0.4 is 0 Å². The summed E-state index contributed by atoms with van der Waals surface area (Å²) in [5.74, 6) is 0.382. The third-order valence-electron chi connectivity index (χ3n) is 5.59. The van der Waals surface area contributed by atoms with E-state index in [-0.39, 0.29) is 17.2 Å². The number of piperidine rings is 2. The zero-order valence-corrected chi connectivity index (χ0v) is 15.2. The van der Waals surface area contributed by atoms with Crippen LogP contribution in [0.15, 0.2) is 12.3 Å². The molecule has 0 N–H and O–H groups in total. The molecule has 0 aliphatic carbocycles. The van der Waals surface area contributed by atoms with E-state index in [0.29, 0.717) is 26.0 Å². The molecule has 2 aliphatic heterocycles. The predicted octanol–water partition coefficient (Wildman–Crippen LogP) is 0.840. The van der Waals surface area contributed by atoms with Gasteiger partial charge >= 0.3 is 0 Å². The van der Waals surface area contributed by atoms with Crippen LogP contribution in [0.2, 0.25) is 0 Å². The molecular weight excluding hydrogens is 320 g/mol. The highest BCUT2D eigenvalue weighted by Crippen LogP contribution is 2.40. The first kappa shape index (κ1) is 17.9. The Bertz CT molecular complexity index is 620. The SMILES string of the molecule is COCCN1CC2(CCC1=O)CCN(C(=O)Cc1ccn(C)n1)CC2. The largest absolute Gasteiger partial charge is 0.383 e. The van der Waals surface area contributed by atoms with Gasteiger partial charge in [0.1, 0.15) is 0 Å². The first-order valence-corrected chi connectivity index (χ1v) is 9.04. The molecule has 0 bridgehead atoms. The molecule has 3 heterocycles. The van der Waals surface area contributed by atoms with Crippen molar-refractivity contribution in [2.24, 2.45) is 12.5 Å². The molecule has 0 saturated carbocycles. The molecule has 0 radical (unpaired) electrons. The van der Waals surface area contributed by atoms with Gasteiger partial charge in [-0.3, -0.25) is 14.3 Å². The average molecular weight is 348 g/mol. The van der Waals surface area contributed by atoms with Crippen LogP contribution in [0.1, 0.15) is 31.4 Å². The molecule has 1 aromatic rings. The Morgan fingerprint density at radius 2 is 2.08 bits per heavy atom. The second-order valence-corrected chi connectivity index (χ2v) is 7.35. The molecule has 25 heavy (non-hydrogen) atoms. The topological polar surface area (TPSA) is 67.7 Å². The molecule has 3 rings (SSSR count). The van der Waals surface area contributed by atoms with Crippen LogP contribution in [0.5, 0.6) is 0 Å². The fourth-order valence-electron chi connectivity index (χ4n) is 3.97. The minimum Gasteiger partial charge on any atom is -0.383 e. The number of nitrogens with zero attached hydrogens (tertiary/aromatic N) is 4. The van der Waals surface area contributed by atoms with E-state index in [9.17, 15) is 9.59 Å². The number of hydrogen-bond acceptors (Lipinski definition) is 4. The first-order valence-electron chi connectivity index (χ1n) is 9.04. The number of aryl methyl sites for hydroxylation is 1. The van der Waals surface area contributed by atoms with Crippen LogP contribution in [-0.4, -0.2) is 71.3 Å². The van der Waals surface area contributed by atoms with Gasteiger partial charge in [0, 0.05) is 53.0 Å². The Labute approximate surface area is 148 Å². The molecule has 2 fully saturated rings. The lowest BCUT2D eigenvalue weighted by molar-refractivity contribution is -0.142. The summed E-state index contributed by atoms with van der Waals surface area (Å²) in [7, 11) is 3.52. The first-order chi connectivity index (χ1) is 12.0. The van der Waals surface area contributed by atoms with Crippen molar-refractivity contribution in [1.82, 2.24) is 19.6 Å². The standard InChI is InChI=1S/C18H28N4O3/c1-20-8-4-15(19-20)13-17(24)21-9-6-18(7-10-21)5-3-16(23)22(14-18)11-12-25-2/h4,8H,3,5-7,9-14H2,1-2H3. The molecule has 0 atom stereocenters. The van der Waals surface area contributed by atoms with Gasteiger partial charge in [0.2, 0.25) is 11.8 Å². The van der Waals surface area contributed by atoms with E-state index in [4.69, 9.17) is 4.74 Å². The van der Waals surface area contributed by atoms with Crippen molar-refractivity contribution >= 4 is 11.8 Å². The highest BCUT2D eigenvalue weighted by atomic mass is 16.5. The fourth-order valence-corrected chi connectivity index (χ4v) is 3.97. The lowest BCUT2D eigenvalue weighted by Gasteiger charge is -2.47. The van der Waals surface area contributed by atoms with E-state index in [1.165, 1.54) is 0 Å². The van der Waals surface area contributed by atoms with Gasteiger partial charge in [-0.05, 0) is 30.7 Å². The summed E-state index contributed by atoms with van der Waals surface area (Å²) in [5, 5.41) is 4.29. The Kier molecular flexibility index (Phi) is 5.42. The molecule has 1 aromatic heterocycles. The lowest BCUT2D eigenvalue weighted by Crippen LogP contribution is -2.53. The average Bonchev–Trinajstić information content (AvgIpc) is 3.01. The smallest absolute Gasteiger partial charge is 0.228 e. The van der Waals surface area contributed by atoms with Gasteiger partial charge in [-0.25, -0.2) is 0 Å². The molecule has 2 amide bonds. The number of likely N-dealkylation sites (tertiary alicyclic amines) is 2. The second-order valence-electron chi connectivity index (χ2n) is 7.35. The molecule has 7 nitrogen and oxygen atoms in total. The summed E-state index contributed by atoms with van der Waals surface area (Å²) in [6.45, 7) is 3.60. The number of rotatable bonds is 5. The van der Waals surface area contributed by atoms with E-state index in [0.717, 1.165) is 44.6 Å². The van der Waals surface area contributed by atoms with Gasteiger partial charge in [-0.15, -0.1) is 0 Å². The second kappa shape index (κ2) is 7.56. The highest BCUT2D eigenvalue weighted by Gasteiger charge is 2.41. The Balaban J connectivity index is 1.53. The molecular formula is C18H28N4O3. The molecule has 2 saturated heterocycles. The normalized spacial score (nSPS) is 20.3. The Morgan fingerprint density at radius 1 is 1.32 bits per heavy atom. The number of amides is 2. The van der Waals surface area contributed by atoms with Crippen molar-refractivity contribution in [2.75, 3.05) is 39.9 Å². The van der Waals surface area contributed by atoms with Crippen LogP contribution >= 0.6 is 0 Å². The van der Waals surface area contributed by atoms with E-state index in [1.807, 2.05) is 29.1 Å². The summed E-state index contributed by atoms with van der Waals surface area (Å²) in [6, 6.07) is 1.89.